The fourth-order valence-corrected chi connectivity index (χ4v) is 3.79. The number of carbonyl (C=O) groups excluding carboxylic acids is 1. The first-order valence-electron chi connectivity index (χ1n) is 8.25. The van der Waals surface area contributed by atoms with Crippen molar-refractivity contribution in [3.63, 3.8) is 0 Å². The Morgan fingerprint density at radius 2 is 1.79 bits per heavy atom. The van der Waals surface area contributed by atoms with Crippen LogP contribution in [0.15, 0.2) is 0 Å². The van der Waals surface area contributed by atoms with Gasteiger partial charge in [-0.2, -0.15) is 18.3 Å². The number of alkyl halides is 3. The molecule has 7 heteroatoms. The van der Waals surface area contributed by atoms with Crippen LogP contribution in [0, 0.1) is 5.41 Å². The first-order valence-corrected chi connectivity index (χ1v) is 8.25. The summed E-state index contributed by atoms with van der Waals surface area (Å²) in [5.74, 6) is -0.310. The monoisotopic (exact) mass is 345 g/mol. The number of hydrogen-bond donors (Lipinski definition) is 1. The van der Waals surface area contributed by atoms with Crippen molar-refractivity contribution >= 4 is 5.91 Å². The van der Waals surface area contributed by atoms with E-state index in [9.17, 15) is 18.0 Å². The Balaban J connectivity index is 2.13. The van der Waals surface area contributed by atoms with Gasteiger partial charge in [-0.3, -0.25) is 9.48 Å². The van der Waals surface area contributed by atoms with Gasteiger partial charge >= 0.3 is 6.18 Å². The lowest BCUT2D eigenvalue weighted by Crippen LogP contribution is -2.47. The van der Waals surface area contributed by atoms with Gasteiger partial charge in [0.05, 0.1) is 0 Å². The van der Waals surface area contributed by atoms with Gasteiger partial charge in [0.1, 0.15) is 6.54 Å². The van der Waals surface area contributed by atoms with Gasteiger partial charge in [-0.25, -0.2) is 0 Å². The third-order valence-corrected chi connectivity index (χ3v) is 4.02. The van der Waals surface area contributed by atoms with Gasteiger partial charge in [0.15, 0.2) is 5.69 Å². The molecule has 0 aromatic carbocycles. The molecule has 0 fully saturated rings. The number of nitrogens with one attached hydrogen (secondary N) is 1. The smallest absolute Gasteiger partial charge is 0.350 e. The Bertz CT molecular complexity index is 624. The first kappa shape index (κ1) is 18.8. The Morgan fingerprint density at radius 1 is 1.17 bits per heavy atom. The number of rotatable bonds is 4. The van der Waals surface area contributed by atoms with Crippen LogP contribution in [0.5, 0.6) is 0 Å². The van der Waals surface area contributed by atoms with Crippen molar-refractivity contribution in [2.75, 3.05) is 0 Å². The molecule has 2 rings (SSSR count). The van der Waals surface area contributed by atoms with Crippen LogP contribution in [0.4, 0.5) is 13.2 Å². The van der Waals surface area contributed by atoms with Crippen molar-refractivity contribution in [2.45, 2.75) is 78.6 Å². The average Bonchev–Trinajstić information content (AvgIpc) is 2.86. The lowest BCUT2D eigenvalue weighted by Gasteiger charge is -2.33. The molecule has 0 unspecified atom stereocenters. The number of halogens is 3. The summed E-state index contributed by atoms with van der Waals surface area (Å²) in [5.41, 5.74) is -0.432. The molecule has 1 aromatic heterocycles. The fourth-order valence-electron chi connectivity index (χ4n) is 3.79. The molecule has 1 heterocycles. The SMILES string of the molecule is CC(C)(C)CC(C)(C)NC(=O)Cn1nc(C(F)(F)F)c2c1CCC2. The maximum absolute atomic E-state index is 13.1. The molecule has 0 atom stereocenters. The largest absolute Gasteiger partial charge is 0.435 e. The molecule has 136 valence electrons. The van der Waals surface area contributed by atoms with E-state index in [0.29, 0.717) is 25.0 Å². The topological polar surface area (TPSA) is 46.9 Å². The summed E-state index contributed by atoms with van der Waals surface area (Å²) in [7, 11) is 0. The minimum Gasteiger partial charge on any atom is -0.350 e. The molecule has 0 saturated carbocycles. The van der Waals surface area contributed by atoms with Crippen molar-refractivity contribution in [3.8, 4) is 0 Å². The van der Waals surface area contributed by atoms with Crippen LogP contribution in [-0.2, 0) is 30.4 Å². The molecule has 4 nitrogen and oxygen atoms in total. The molecule has 1 N–H and O–H groups in total. The molecular formula is C17H26F3N3O. The van der Waals surface area contributed by atoms with Crippen molar-refractivity contribution in [1.29, 1.82) is 0 Å². The fraction of sp³-hybridized carbons (Fsp3) is 0.765. The highest BCUT2D eigenvalue weighted by molar-refractivity contribution is 5.76. The normalized spacial score (nSPS) is 15.5. The molecule has 24 heavy (non-hydrogen) atoms. The zero-order valence-corrected chi connectivity index (χ0v) is 15.0. The number of carbonyl (C=O) groups is 1. The van der Waals surface area contributed by atoms with Gasteiger partial charge in [0, 0.05) is 16.8 Å². The predicted octanol–water partition coefficient (Wildman–Crippen LogP) is 3.72. The standard InChI is InChI=1S/C17H26F3N3O/c1-15(2,3)10-16(4,5)21-13(24)9-23-12-8-6-7-11(12)14(22-23)17(18,19)20/h6-10H2,1-5H3,(H,21,24). The number of fused-ring (bicyclic) bond motifs is 1. The summed E-state index contributed by atoms with van der Waals surface area (Å²) in [4.78, 5) is 12.3. The molecule has 0 aliphatic heterocycles. The van der Waals surface area contributed by atoms with Crippen LogP contribution in [-0.4, -0.2) is 21.2 Å². The second-order valence-corrected chi connectivity index (χ2v) is 8.45. The molecule has 1 amide bonds. The van der Waals surface area contributed by atoms with Crippen LogP contribution in [0.3, 0.4) is 0 Å². The highest BCUT2D eigenvalue weighted by atomic mass is 19.4. The Hall–Kier alpha value is -1.53. The second kappa shape index (κ2) is 6.08. The van der Waals surface area contributed by atoms with Crippen LogP contribution in [0.2, 0.25) is 0 Å². The molecule has 0 spiro atoms. The van der Waals surface area contributed by atoms with Gasteiger partial charge in [0.2, 0.25) is 5.91 Å². The predicted molar refractivity (Wildman–Crippen MR) is 85.5 cm³/mol. The van der Waals surface area contributed by atoms with Crippen LogP contribution >= 0.6 is 0 Å². The van der Waals surface area contributed by atoms with Crippen molar-refractivity contribution < 1.29 is 18.0 Å². The summed E-state index contributed by atoms with van der Waals surface area (Å²) >= 11 is 0. The Labute approximate surface area is 140 Å². The summed E-state index contributed by atoms with van der Waals surface area (Å²) in [6, 6.07) is 0. The van der Waals surface area contributed by atoms with E-state index >= 15 is 0 Å². The zero-order chi connectivity index (χ0) is 18.3. The minimum atomic E-state index is -4.47. The number of amides is 1. The molecule has 0 saturated heterocycles. The minimum absolute atomic E-state index is 0.0349. The van der Waals surface area contributed by atoms with Gasteiger partial charge in [-0.05, 0) is 44.9 Å². The number of aromatic nitrogens is 2. The van der Waals surface area contributed by atoms with E-state index in [1.54, 1.807) is 0 Å². The summed E-state index contributed by atoms with van der Waals surface area (Å²) in [6.07, 6.45) is -2.12. The Morgan fingerprint density at radius 3 is 2.33 bits per heavy atom. The third kappa shape index (κ3) is 4.51. The Kier molecular flexibility index (Phi) is 4.76. The molecule has 1 aromatic rings. The lowest BCUT2D eigenvalue weighted by atomic mass is 9.82. The van der Waals surface area contributed by atoms with E-state index in [-0.39, 0.29) is 23.4 Å². The van der Waals surface area contributed by atoms with Gasteiger partial charge < -0.3 is 5.32 Å². The zero-order valence-electron chi connectivity index (χ0n) is 15.0. The van der Waals surface area contributed by atoms with E-state index < -0.39 is 17.4 Å². The van der Waals surface area contributed by atoms with Crippen molar-refractivity contribution in [3.05, 3.63) is 17.0 Å². The average molecular weight is 345 g/mol. The maximum Gasteiger partial charge on any atom is 0.435 e. The van der Waals surface area contributed by atoms with Crippen LogP contribution in [0.1, 0.15) is 64.4 Å². The van der Waals surface area contributed by atoms with E-state index in [0.717, 1.165) is 6.42 Å². The molecule has 1 aliphatic rings. The third-order valence-electron chi connectivity index (χ3n) is 4.02. The quantitative estimate of drug-likeness (QED) is 0.904. The maximum atomic E-state index is 13.1. The first-order chi connectivity index (χ1) is 10.8. The highest BCUT2D eigenvalue weighted by Crippen LogP contribution is 2.36. The number of nitrogens with zero attached hydrogens (tertiary/aromatic N) is 2. The van der Waals surface area contributed by atoms with E-state index in [1.807, 2.05) is 13.8 Å². The molecular weight excluding hydrogens is 319 g/mol. The van der Waals surface area contributed by atoms with Crippen molar-refractivity contribution in [2.24, 2.45) is 5.41 Å². The van der Waals surface area contributed by atoms with Crippen LogP contribution < -0.4 is 5.32 Å². The van der Waals surface area contributed by atoms with E-state index in [1.165, 1.54) is 4.68 Å². The number of hydrogen-bond acceptors (Lipinski definition) is 2. The van der Waals surface area contributed by atoms with Gasteiger partial charge in [-0.1, -0.05) is 20.8 Å². The van der Waals surface area contributed by atoms with Gasteiger partial charge in [-0.15, -0.1) is 0 Å². The van der Waals surface area contributed by atoms with Gasteiger partial charge in [0.25, 0.3) is 0 Å². The lowest BCUT2D eigenvalue weighted by molar-refractivity contribution is -0.142. The summed E-state index contributed by atoms with van der Waals surface area (Å²) < 4.78 is 40.5. The van der Waals surface area contributed by atoms with E-state index in [4.69, 9.17) is 0 Å². The summed E-state index contributed by atoms with van der Waals surface area (Å²) in [6.45, 7) is 9.91. The van der Waals surface area contributed by atoms with Crippen molar-refractivity contribution in [1.82, 2.24) is 15.1 Å². The van der Waals surface area contributed by atoms with E-state index in [2.05, 4.69) is 31.2 Å². The summed E-state index contributed by atoms with van der Waals surface area (Å²) in [5, 5.41) is 6.60. The second-order valence-electron chi connectivity index (χ2n) is 8.45. The molecule has 1 aliphatic carbocycles. The highest BCUT2D eigenvalue weighted by Gasteiger charge is 2.40. The van der Waals surface area contributed by atoms with Crippen LogP contribution in [0.25, 0.3) is 0 Å². The molecule has 0 radical (unpaired) electrons. The molecule has 0 bridgehead atoms.